The third-order valence-electron chi connectivity index (χ3n) is 2.04. The fourth-order valence-electron chi connectivity index (χ4n) is 1.40. The molecular weight excluding hydrogens is 193 g/mol. The molecule has 0 amide bonds. The van der Waals surface area contributed by atoms with Crippen LogP contribution in [-0.2, 0) is 6.42 Å². The smallest absolute Gasteiger partial charge is 0.123 e. The van der Waals surface area contributed by atoms with Crippen molar-refractivity contribution in [1.29, 1.82) is 0 Å². The normalized spacial score (nSPS) is 10.7. The maximum Gasteiger partial charge on any atom is 0.123 e. The molecule has 0 aliphatic rings. The summed E-state index contributed by atoms with van der Waals surface area (Å²) in [6, 6.07) is 4.62. The van der Waals surface area contributed by atoms with E-state index in [1.165, 1.54) is 12.1 Å². The number of halogens is 1. The van der Waals surface area contributed by atoms with Crippen LogP contribution in [0.1, 0.15) is 25.8 Å². The van der Waals surface area contributed by atoms with Gasteiger partial charge >= 0.3 is 0 Å². The van der Waals surface area contributed by atoms with Crippen molar-refractivity contribution in [2.24, 2.45) is 5.73 Å². The Kier molecular flexibility index (Phi) is 4.56. The Morgan fingerprint density at radius 2 is 2.13 bits per heavy atom. The van der Waals surface area contributed by atoms with E-state index in [2.05, 4.69) is 0 Å². The summed E-state index contributed by atoms with van der Waals surface area (Å²) in [5.41, 5.74) is 6.33. The molecule has 0 bridgehead atoms. The highest BCUT2D eigenvalue weighted by atomic mass is 19.1. The molecule has 0 aromatic heterocycles. The van der Waals surface area contributed by atoms with Crippen molar-refractivity contribution >= 4 is 0 Å². The van der Waals surface area contributed by atoms with Crippen LogP contribution in [0.5, 0.6) is 5.75 Å². The molecule has 0 atom stereocenters. The minimum Gasteiger partial charge on any atom is -0.491 e. The van der Waals surface area contributed by atoms with E-state index in [1.54, 1.807) is 6.07 Å². The first-order valence-corrected chi connectivity index (χ1v) is 5.28. The molecule has 1 aromatic rings. The summed E-state index contributed by atoms with van der Waals surface area (Å²) in [5.74, 6) is 0.540. The zero-order chi connectivity index (χ0) is 11.3. The molecule has 0 radical (unpaired) electrons. The standard InChI is InChI=1S/C12H18FNO/c1-9(2)15-12-6-5-11(13)8-10(12)4-3-7-14/h5-6,8-9H,3-4,7,14H2,1-2H3. The molecule has 1 aromatic carbocycles. The lowest BCUT2D eigenvalue weighted by Crippen LogP contribution is -2.08. The lowest BCUT2D eigenvalue weighted by atomic mass is 10.1. The average molecular weight is 211 g/mol. The predicted molar refractivity (Wildman–Crippen MR) is 59.5 cm³/mol. The molecule has 0 aliphatic carbocycles. The number of ether oxygens (including phenoxy) is 1. The highest BCUT2D eigenvalue weighted by molar-refractivity contribution is 5.34. The lowest BCUT2D eigenvalue weighted by molar-refractivity contribution is 0.239. The Morgan fingerprint density at radius 1 is 1.40 bits per heavy atom. The Morgan fingerprint density at radius 3 is 2.73 bits per heavy atom. The molecule has 0 saturated carbocycles. The molecule has 0 aliphatic heterocycles. The van der Waals surface area contributed by atoms with Crippen molar-refractivity contribution in [3.05, 3.63) is 29.6 Å². The SMILES string of the molecule is CC(C)Oc1ccc(F)cc1CCCN. The van der Waals surface area contributed by atoms with Gasteiger partial charge in [0, 0.05) is 0 Å². The van der Waals surface area contributed by atoms with Crippen LogP contribution in [0, 0.1) is 5.82 Å². The molecule has 15 heavy (non-hydrogen) atoms. The fraction of sp³-hybridized carbons (Fsp3) is 0.500. The van der Waals surface area contributed by atoms with E-state index in [-0.39, 0.29) is 11.9 Å². The predicted octanol–water partition coefficient (Wildman–Crippen LogP) is 2.50. The van der Waals surface area contributed by atoms with Gasteiger partial charge in [0.2, 0.25) is 0 Å². The first-order chi connectivity index (χ1) is 7.13. The molecule has 3 heteroatoms. The van der Waals surface area contributed by atoms with Gasteiger partial charge in [0.25, 0.3) is 0 Å². The van der Waals surface area contributed by atoms with Crippen molar-refractivity contribution in [3.8, 4) is 5.75 Å². The highest BCUT2D eigenvalue weighted by Crippen LogP contribution is 2.22. The maximum absolute atomic E-state index is 13.0. The summed E-state index contributed by atoms with van der Waals surface area (Å²) in [6.07, 6.45) is 1.71. The second kappa shape index (κ2) is 5.71. The van der Waals surface area contributed by atoms with Crippen LogP contribution in [0.2, 0.25) is 0 Å². The topological polar surface area (TPSA) is 35.2 Å². The molecule has 0 saturated heterocycles. The van der Waals surface area contributed by atoms with E-state index >= 15 is 0 Å². The Bertz CT molecular complexity index is 312. The van der Waals surface area contributed by atoms with Gasteiger partial charge < -0.3 is 10.5 Å². The van der Waals surface area contributed by atoms with Gasteiger partial charge in [-0.3, -0.25) is 0 Å². The summed E-state index contributed by atoms with van der Waals surface area (Å²) in [7, 11) is 0. The second-order valence-electron chi connectivity index (χ2n) is 3.81. The highest BCUT2D eigenvalue weighted by Gasteiger charge is 2.06. The van der Waals surface area contributed by atoms with Gasteiger partial charge in [-0.1, -0.05) is 0 Å². The largest absolute Gasteiger partial charge is 0.491 e. The van der Waals surface area contributed by atoms with Gasteiger partial charge in [0.15, 0.2) is 0 Å². The molecule has 2 N–H and O–H groups in total. The van der Waals surface area contributed by atoms with E-state index < -0.39 is 0 Å². The second-order valence-corrected chi connectivity index (χ2v) is 3.81. The molecule has 2 nitrogen and oxygen atoms in total. The number of aryl methyl sites for hydroxylation is 1. The molecule has 0 unspecified atom stereocenters. The van der Waals surface area contributed by atoms with E-state index in [0.717, 1.165) is 24.2 Å². The molecule has 0 heterocycles. The van der Waals surface area contributed by atoms with Crippen molar-refractivity contribution in [2.75, 3.05) is 6.54 Å². The van der Waals surface area contributed by atoms with Crippen LogP contribution < -0.4 is 10.5 Å². The Balaban J connectivity index is 2.82. The minimum atomic E-state index is -0.224. The van der Waals surface area contributed by atoms with Crippen LogP contribution >= 0.6 is 0 Å². The van der Waals surface area contributed by atoms with Gasteiger partial charge in [-0.05, 0) is 57.0 Å². The molecule has 84 valence electrons. The van der Waals surface area contributed by atoms with Crippen molar-refractivity contribution in [2.45, 2.75) is 32.8 Å². The summed E-state index contributed by atoms with van der Waals surface area (Å²) < 4.78 is 18.6. The molecular formula is C12H18FNO. The van der Waals surface area contributed by atoms with Crippen LogP contribution in [-0.4, -0.2) is 12.6 Å². The van der Waals surface area contributed by atoms with Crippen LogP contribution in [0.4, 0.5) is 4.39 Å². The molecule has 0 fully saturated rings. The van der Waals surface area contributed by atoms with Crippen molar-refractivity contribution in [1.82, 2.24) is 0 Å². The first-order valence-electron chi connectivity index (χ1n) is 5.28. The van der Waals surface area contributed by atoms with Gasteiger partial charge in [-0.25, -0.2) is 4.39 Å². The summed E-state index contributed by atoms with van der Waals surface area (Å²) in [4.78, 5) is 0. The number of hydrogen-bond donors (Lipinski definition) is 1. The zero-order valence-electron chi connectivity index (χ0n) is 9.29. The number of nitrogens with two attached hydrogens (primary N) is 1. The van der Waals surface area contributed by atoms with E-state index in [9.17, 15) is 4.39 Å². The monoisotopic (exact) mass is 211 g/mol. The van der Waals surface area contributed by atoms with E-state index in [4.69, 9.17) is 10.5 Å². The zero-order valence-corrected chi connectivity index (χ0v) is 9.29. The summed E-state index contributed by atoms with van der Waals surface area (Å²) in [5, 5.41) is 0. The quantitative estimate of drug-likeness (QED) is 0.812. The van der Waals surface area contributed by atoms with Gasteiger partial charge in [0.1, 0.15) is 11.6 Å². The molecule has 0 spiro atoms. The van der Waals surface area contributed by atoms with E-state index in [0.29, 0.717) is 6.54 Å². The van der Waals surface area contributed by atoms with Gasteiger partial charge in [-0.2, -0.15) is 0 Å². The lowest BCUT2D eigenvalue weighted by Gasteiger charge is -2.14. The van der Waals surface area contributed by atoms with Crippen molar-refractivity contribution in [3.63, 3.8) is 0 Å². The van der Waals surface area contributed by atoms with Crippen LogP contribution in [0.25, 0.3) is 0 Å². The van der Waals surface area contributed by atoms with Crippen LogP contribution in [0.15, 0.2) is 18.2 Å². The summed E-state index contributed by atoms with van der Waals surface area (Å²) >= 11 is 0. The van der Waals surface area contributed by atoms with Crippen molar-refractivity contribution < 1.29 is 9.13 Å². The number of benzene rings is 1. The minimum absolute atomic E-state index is 0.104. The average Bonchev–Trinajstić information content (AvgIpc) is 2.18. The molecule has 1 rings (SSSR count). The number of rotatable bonds is 5. The van der Waals surface area contributed by atoms with E-state index in [1.807, 2.05) is 13.8 Å². The fourth-order valence-corrected chi connectivity index (χ4v) is 1.40. The Labute approximate surface area is 90.2 Å². The third kappa shape index (κ3) is 3.88. The Hall–Kier alpha value is -1.09. The van der Waals surface area contributed by atoms with Gasteiger partial charge in [0.05, 0.1) is 6.10 Å². The maximum atomic E-state index is 13.0. The number of hydrogen-bond acceptors (Lipinski definition) is 2. The van der Waals surface area contributed by atoms with Crippen LogP contribution in [0.3, 0.4) is 0 Å². The third-order valence-corrected chi connectivity index (χ3v) is 2.04. The first kappa shape index (κ1) is 12.0. The summed E-state index contributed by atoms with van der Waals surface area (Å²) in [6.45, 7) is 4.52. The van der Waals surface area contributed by atoms with Gasteiger partial charge in [-0.15, -0.1) is 0 Å².